The Morgan fingerprint density at radius 2 is 1.97 bits per heavy atom. The maximum atomic E-state index is 13.0. The van der Waals surface area contributed by atoms with Gasteiger partial charge in [0.25, 0.3) is 5.91 Å². The van der Waals surface area contributed by atoms with E-state index in [2.05, 4.69) is 15.3 Å². The van der Waals surface area contributed by atoms with Gasteiger partial charge in [-0.1, -0.05) is 18.2 Å². The quantitative estimate of drug-likeness (QED) is 0.505. The monoisotopic (exact) mass is 443 g/mol. The van der Waals surface area contributed by atoms with Gasteiger partial charge in [0.1, 0.15) is 0 Å². The first-order chi connectivity index (χ1) is 15.7. The van der Waals surface area contributed by atoms with Crippen molar-refractivity contribution in [3.05, 3.63) is 83.3 Å². The number of hydrogen-bond donors (Lipinski definition) is 1. The molecule has 1 aliphatic rings. The SMILES string of the molecule is O=C(Nc1nccs1)c1cc(C2CCN(C(=O)Cc3ccncc3)C2)nc2ccccc12. The molecule has 1 atom stereocenters. The van der Waals surface area contributed by atoms with E-state index in [4.69, 9.17) is 4.98 Å². The largest absolute Gasteiger partial charge is 0.342 e. The summed E-state index contributed by atoms with van der Waals surface area (Å²) < 4.78 is 0. The van der Waals surface area contributed by atoms with Crippen molar-refractivity contribution in [2.45, 2.75) is 18.8 Å². The third-order valence-electron chi connectivity index (χ3n) is 5.70. The molecule has 0 aliphatic carbocycles. The van der Waals surface area contributed by atoms with Crippen LogP contribution in [0.4, 0.5) is 5.13 Å². The van der Waals surface area contributed by atoms with Crippen LogP contribution in [0.25, 0.3) is 10.9 Å². The van der Waals surface area contributed by atoms with E-state index in [1.165, 1.54) is 11.3 Å². The molecule has 1 saturated heterocycles. The Kier molecular flexibility index (Phi) is 5.60. The molecule has 1 N–H and O–H groups in total. The number of aromatic nitrogens is 3. The highest BCUT2D eigenvalue weighted by atomic mass is 32.1. The van der Waals surface area contributed by atoms with Crippen LogP contribution in [0.15, 0.2) is 66.4 Å². The van der Waals surface area contributed by atoms with E-state index in [1.807, 2.05) is 52.7 Å². The van der Waals surface area contributed by atoms with Crippen molar-refractivity contribution < 1.29 is 9.59 Å². The van der Waals surface area contributed by atoms with Crippen LogP contribution in [0.3, 0.4) is 0 Å². The molecule has 4 heterocycles. The molecule has 7 nitrogen and oxygen atoms in total. The predicted molar refractivity (Wildman–Crippen MR) is 124 cm³/mol. The van der Waals surface area contributed by atoms with E-state index in [0.29, 0.717) is 30.2 Å². The van der Waals surface area contributed by atoms with Gasteiger partial charge in [0.2, 0.25) is 5.91 Å². The minimum Gasteiger partial charge on any atom is -0.342 e. The molecular weight excluding hydrogens is 422 g/mol. The fraction of sp³-hybridized carbons (Fsp3) is 0.208. The second-order valence-electron chi connectivity index (χ2n) is 7.76. The maximum absolute atomic E-state index is 13.0. The molecule has 160 valence electrons. The molecule has 2 amide bonds. The Labute approximate surface area is 189 Å². The highest BCUT2D eigenvalue weighted by Crippen LogP contribution is 2.30. The minimum absolute atomic E-state index is 0.0902. The molecule has 0 spiro atoms. The lowest BCUT2D eigenvalue weighted by Crippen LogP contribution is -2.30. The Morgan fingerprint density at radius 1 is 1.12 bits per heavy atom. The zero-order valence-corrected chi connectivity index (χ0v) is 18.1. The molecule has 5 rings (SSSR count). The van der Waals surface area contributed by atoms with E-state index in [1.54, 1.807) is 18.6 Å². The first-order valence-corrected chi connectivity index (χ1v) is 11.3. The van der Waals surface area contributed by atoms with Crippen LogP contribution in [0.1, 0.15) is 34.0 Å². The lowest BCUT2D eigenvalue weighted by Gasteiger charge is -2.17. The molecule has 4 aromatic rings. The van der Waals surface area contributed by atoms with Gasteiger partial charge < -0.3 is 4.90 Å². The van der Waals surface area contributed by atoms with Gasteiger partial charge in [0.05, 0.1) is 17.5 Å². The van der Waals surface area contributed by atoms with Crippen LogP contribution in [0, 0.1) is 0 Å². The van der Waals surface area contributed by atoms with Gasteiger partial charge in [-0.25, -0.2) is 4.98 Å². The molecule has 1 fully saturated rings. The number of anilines is 1. The van der Waals surface area contributed by atoms with Crippen molar-refractivity contribution in [2.24, 2.45) is 0 Å². The number of carbonyl (C=O) groups is 2. The fourth-order valence-electron chi connectivity index (χ4n) is 4.06. The standard InChI is InChI=1S/C24H21N5O2S/c30-22(13-16-5-8-25-9-6-16)29-11-7-17(15-29)21-14-19(18-3-1-2-4-20(18)27-21)23(31)28-24-26-10-12-32-24/h1-6,8-10,12,14,17H,7,11,13,15H2,(H,26,28,31). The summed E-state index contributed by atoms with van der Waals surface area (Å²) >= 11 is 1.38. The number of para-hydroxylation sites is 1. The average molecular weight is 444 g/mol. The number of thiazole rings is 1. The number of fused-ring (bicyclic) bond motifs is 1. The van der Waals surface area contributed by atoms with Gasteiger partial charge in [0.15, 0.2) is 5.13 Å². The van der Waals surface area contributed by atoms with Crippen molar-refractivity contribution >= 4 is 39.2 Å². The Hall–Kier alpha value is -3.65. The van der Waals surface area contributed by atoms with Gasteiger partial charge in [-0.3, -0.25) is 24.9 Å². The number of rotatable bonds is 5. The summed E-state index contributed by atoms with van der Waals surface area (Å²) in [6, 6.07) is 13.2. The molecule has 32 heavy (non-hydrogen) atoms. The number of carbonyl (C=O) groups excluding carboxylic acids is 2. The smallest absolute Gasteiger partial charge is 0.258 e. The Bertz CT molecular complexity index is 1260. The molecule has 0 radical (unpaired) electrons. The van der Waals surface area contributed by atoms with Gasteiger partial charge >= 0.3 is 0 Å². The summed E-state index contributed by atoms with van der Waals surface area (Å²) in [5.74, 6) is -0.0166. The second kappa shape index (κ2) is 8.84. The zero-order chi connectivity index (χ0) is 21.9. The highest BCUT2D eigenvalue weighted by molar-refractivity contribution is 7.13. The molecule has 1 aliphatic heterocycles. The minimum atomic E-state index is -0.205. The van der Waals surface area contributed by atoms with Crippen LogP contribution in [-0.2, 0) is 11.2 Å². The van der Waals surface area contributed by atoms with E-state index in [9.17, 15) is 9.59 Å². The number of likely N-dealkylation sites (tertiary alicyclic amines) is 1. The number of pyridine rings is 2. The van der Waals surface area contributed by atoms with Gasteiger partial charge in [-0.15, -0.1) is 11.3 Å². The van der Waals surface area contributed by atoms with Crippen molar-refractivity contribution in [2.75, 3.05) is 18.4 Å². The molecule has 1 unspecified atom stereocenters. The van der Waals surface area contributed by atoms with Crippen LogP contribution in [0.2, 0.25) is 0 Å². The van der Waals surface area contributed by atoms with Crippen LogP contribution >= 0.6 is 11.3 Å². The summed E-state index contributed by atoms with van der Waals surface area (Å²) in [6.07, 6.45) is 6.24. The number of nitrogens with zero attached hydrogens (tertiary/aromatic N) is 4. The van der Waals surface area contributed by atoms with E-state index in [0.717, 1.165) is 28.6 Å². The summed E-state index contributed by atoms with van der Waals surface area (Å²) in [4.78, 5) is 40.7. The lowest BCUT2D eigenvalue weighted by molar-refractivity contribution is -0.129. The van der Waals surface area contributed by atoms with Crippen molar-refractivity contribution in [3.63, 3.8) is 0 Å². The zero-order valence-electron chi connectivity index (χ0n) is 17.3. The molecular formula is C24H21N5O2S. The summed E-state index contributed by atoms with van der Waals surface area (Å²) in [7, 11) is 0. The lowest BCUT2D eigenvalue weighted by atomic mass is 9.99. The second-order valence-corrected chi connectivity index (χ2v) is 8.66. The Morgan fingerprint density at radius 3 is 2.78 bits per heavy atom. The van der Waals surface area contributed by atoms with Crippen molar-refractivity contribution in [1.29, 1.82) is 0 Å². The van der Waals surface area contributed by atoms with Crippen molar-refractivity contribution in [1.82, 2.24) is 19.9 Å². The maximum Gasteiger partial charge on any atom is 0.258 e. The van der Waals surface area contributed by atoms with Crippen LogP contribution < -0.4 is 5.32 Å². The van der Waals surface area contributed by atoms with E-state index < -0.39 is 0 Å². The third kappa shape index (κ3) is 4.22. The number of amides is 2. The highest BCUT2D eigenvalue weighted by Gasteiger charge is 2.29. The number of benzene rings is 1. The van der Waals surface area contributed by atoms with Gasteiger partial charge in [0, 0.05) is 54.1 Å². The summed E-state index contributed by atoms with van der Waals surface area (Å²) in [5.41, 5.74) is 3.14. The topological polar surface area (TPSA) is 88.1 Å². The predicted octanol–water partition coefficient (Wildman–Crippen LogP) is 3.90. The summed E-state index contributed by atoms with van der Waals surface area (Å²) in [5, 5.41) is 6.06. The molecule has 3 aromatic heterocycles. The fourth-order valence-corrected chi connectivity index (χ4v) is 4.58. The number of hydrogen-bond acceptors (Lipinski definition) is 6. The third-order valence-corrected chi connectivity index (χ3v) is 6.39. The van der Waals surface area contributed by atoms with Crippen LogP contribution in [0.5, 0.6) is 0 Å². The molecule has 0 saturated carbocycles. The molecule has 8 heteroatoms. The van der Waals surface area contributed by atoms with Crippen LogP contribution in [-0.4, -0.2) is 44.8 Å². The molecule has 0 bridgehead atoms. The first-order valence-electron chi connectivity index (χ1n) is 10.4. The van der Waals surface area contributed by atoms with Gasteiger partial charge in [-0.2, -0.15) is 0 Å². The van der Waals surface area contributed by atoms with E-state index >= 15 is 0 Å². The molecule has 1 aromatic carbocycles. The normalized spacial score (nSPS) is 15.8. The number of nitrogens with one attached hydrogen (secondary N) is 1. The Balaban J connectivity index is 1.38. The summed E-state index contributed by atoms with van der Waals surface area (Å²) in [6.45, 7) is 1.28. The average Bonchev–Trinajstić information content (AvgIpc) is 3.51. The van der Waals surface area contributed by atoms with Crippen molar-refractivity contribution in [3.8, 4) is 0 Å². The van der Waals surface area contributed by atoms with Gasteiger partial charge in [-0.05, 0) is 36.2 Å². The van der Waals surface area contributed by atoms with E-state index in [-0.39, 0.29) is 17.7 Å². The first kappa shape index (κ1) is 20.3.